The fraction of sp³-hybridized carbons (Fsp3) is 0.857. The Kier molecular flexibility index (Phi) is 23.1. The summed E-state index contributed by atoms with van der Waals surface area (Å²) in [6, 6.07) is 0. The van der Waals surface area contributed by atoms with Gasteiger partial charge >= 0.3 is 81.5 Å². The van der Waals surface area contributed by atoms with Gasteiger partial charge in [0.25, 0.3) is 0 Å². The standard InChI is InChI=1S/C6H10O4S2.2C4H9.Sn/c7-5(3-11)9-1-2-10-6(8)4-12;2*1-3-4-2;/h11-12H,1-4H2;2*1,3-4H2,2H3;/q;;;+2. The Hall–Kier alpha value is 0.439. The van der Waals surface area contributed by atoms with Crippen LogP contribution in [0.15, 0.2) is 0 Å². The first kappa shape index (κ1) is 23.7. The van der Waals surface area contributed by atoms with E-state index in [1.54, 1.807) is 8.87 Å². The van der Waals surface area contributed by atoms with Gasteiger partial charge in [-0.2, -0.15) is 25.3 Å². The van der Waals surface area contributed by atoms with Crippen molar-refractivity contribution in [3.63, 3.8) is 0 Å². The predicted octanol–water partition coefficient (Wildman–Crippen LogP) is 3.06. The van der Waals surface area contributed by atoms with Gasteiger partial charge in [-0.05, 0) is 0 Å². The van der Waals surface area contributed by atoms with E-state index < -0.39 is 11.9 Å². The van der Waals surface area contributed by atoms with Crippen molar-refractivity contribution in [2.24, 2.45) is 0 Å². The van der Waals surface area contributed by atoms with E-state index in [2.05, 4.69) is 48.6 Å². The Labute approximate surface area is 150 Å². The number of thiol groups is 2. The molecule has 7 heteroatoms. The van der Waals surface area contributed by atoms with E-state index in [-0.39, 0.29) is 45.9 Å². The molecule has 0 aromatic carbocycles. The average molecular weight is 443 g/mol. The minimum atomic E-state index is -0.430. The van der Waals surface area contributed by atoms with Gasteiger partial charge in [-0.25, -0.2) is 0 Å². The normalized spacial score (nSPS) is 9.14. The van der Waals surface area contributed by atoms with Crippen LogP contribution in [0.4, 0.5) is 0 Å². The van der Waals surface area contributed by atoms with Crippen LogP contribution in [0.25, 0.3) is 0 Å². The van der Waals surface area contributed by atoms with Gasteiger partial charge in [-0.3, -0.25) is 9.59 Å². The summed E-state index contributed by atoms with van der Waals surface area (Å²) < 4.78 is 12.4. The second kappa shape index (κ2) is 20.4. The van der Waals surface area contributed by atoms with Crippen molar-refractivity contribution in [3.05, 3.63) is 0 Å². The monoisotopic (exact) mass is 444 g/mol. The zero-order chi connectivity index (χ0) is 16.3. The number of ether oxygens (including phenoxy) is 2. The Bertz CT molecular complexity index is 229. The third-order valence-corrected chi connectivity index (χ3v) is 6.83. The number of esters is 2. The number of hydrogen-bond acceptors (Lipinski definition) is 6. The molecule has 0 saturated heterocycles. The topological polar surface area (TPSA) is 52.6 Å². The second-order valence-corrected chi connectivity index (χ2v) is 9.13. The minimum absolute atomic E-state index is 0.0283. The summed E-state index contributed by atoms with van der Waals surface area (Å²) in [5.41, 5.74) is 0. The molecule has 4 nitrogen and oxygen atoms in total. The number of carbonyl (C=O) groups excluding carboxylic acids is 2. The van der Waals surface area contributed by atoms with Crippen LogP contribution in [0.1, 0.15) is 39.5 Å². The van der Waals surface area contributed by atoms with Crippen LogP contribution in [-0.2, 0) is 19.1 Å². The number of hydrogen-bond donors (Lipinski definition) is 2. The van der Waals surface area contributed by atoms with Crippen molar-refractivity contribution >= 4 is 58.3 Å². The minimum Gasteiger partial charge on any atom is -0.461 e. The van der Waals surface area contributed by atoms with Gasteiger partial charge in [0.05, 0.1) is 11.5 Å². The van der Waals surface area contributed by atoms with Crippen LogP contribution < -0.4 is 0 Å². The summed E-state index contributed by atoms with van der Waals surface area (Å²) in [4.78, 5) is 20.9. The molecule has 0 spiro atoms. The molecule has 0 aromatic heterocycles. The Morgan fingerprint density at radius 3 is 1.52 bits per heavy atom. The molecule has 0 heterocycles. The third kappa shape index (κ3) is 22.8. The Morgan fingerprint density at radius 2 is 1.24 bits per heavy atom. The van der Waals surface area contributed by atoms with Crippen LogP contribution in [-0.4, -0.2) is 57.8 Å². The van der Waals surface area contributed by atoms with Crippen LogP contribution in [0, 0.1) is 0 Å². The summed E-state index contributed by atoms with van der Waals surface area (Å²) in [5.74, 6) is -0.804. The largest absolute Gasteiger partial charge is 0.461 e. The van der Waals surface area contributed by atoms with E-state index in [1.165, 1.54) is 25.7 Å². The fourth-order valence-electron chi connectivity index (χ4n) is 1.13. The SMILES string of the molecule is CCC[CH2][Sn+2][CH2]CCC.O=C(CS)OCCOC(=O)CS. The Balaban J connectivity index is 0. The van der Waals surface area contributed by atoms with Crippen molar-refractivity contribution < 1.29 is 19.1 Å². The zero-order valence-electron chi connectivity index (χ0n) is 13.1. The maximum absolute atomic E-state index is 10.5. The van der Waals surface area contributed by atoms with E-state index in [1.807, 2.05) is 0 Å². The van der Waals surface area contributed by atoms with Crippen LogP contribution >= 0.6 is 25.3 Å². The van der Waals surface area contributed by atoms with E-state index in [0.717, 1.165) is 0 Å². The van der Waals surface area contributed by atoms with E-state index >= 15 is 0 Å². The van der Waals surface area contributed by atoms with Crippen molar-refractivity contribution in [3.8, 4) is 0 Å². The number of unbranched alkanes of at least 4 members (excludes halogenated alkanes) is 2. The van der Waals surface area contributed by atoms with Gasteiger partial charge in [-0.15, -0.1) is 0 Å². The first-order valence-electron chi connectivity index (χ1n) is 7.35. The van der Waals surface area contributed by atoms with Gasteiger partial charge in [0, 0.05) is 0 Å². The average Bonchev–Trinajstić information content (AvgIpc) is 2.51. The maximum atomic E-state index is 10.5. The molecule has 0 unspecified atom stereocenters. The molecule has 0 rings (SSSR count). The number of rotatable bonds is 11. The number of carbonyl (C=O) groups is 2. The second-order valence-electron chi connectivity index (χ2n) is 4.21. The van der Waals surface area contributed by atoms with Gasteiger partial charge in [0.15, 0.2) is 0 Å². The van der Waals surface area contributed by atoms with E-state index in [0.29, 0.717) is 0 Å². The first-order valence-corrected chi connectivity index (χ1v) is 12.7. The molecule has 0 aromatic rings. The summed E-state index contributed by atoms with van der Waals surface area (Å²) in [6.07, 6.45) is 5.84. The van der Waals surface area contributed by atoms with Crippen molar-refractivity contribution in [1.82, 2.24) is 0 Å². The van der Waals surface area contributed by atoms with Gasteiger partial charge in [0.2, 0.25) is 0 Å². The molecular formula is C14H28O4S2Sn+2. The third-order valence-electron chi connectivity index (χ3n) is 2.28. The molecule has 0 atom stereocenters. The van der Waals surface area contributed by atoms with Crippen LogP contribution in [0.5, 0.6) is 0 Å². The Morgan fingerprint density at radius 1 is 0.857 bits per heavy atom. The molecule has 0 saturated carbocycles. The van der Waals surface area contributed by atoms with E-state index in [9.17, 15) is 9.59 Å². The van der Waals surface area contributed by atoms with Crippen molar-refractivity contribution in [2.45, 2.75) is 48.4 Å². The fourth-order valence-corrected chi connectivity index (χ4v) is 5.47. The predicted molar refractivity (Wildman–Crippen MR) is 94.8 cm³/mol. The maximum Gasteiger partial charge on any atom is 0.315 e. The van der Waals surface area contributed by atoms with Crippen LogP contribution in [0.3, 0.4) is 0 Å². The van der Waals surface area contributed by atoms with Crippen molar-refractivity contribution in [2.75, 3.05) is 24.7 Å². The smallest absolute Gasteiger partial charge is 0.315 e. The molecule has 21 heavy (non-hydrogen) atoms. The molecule has 122 valence electrons. The van der Waals surface area contributed by atoms with Gasteiger partial charge < -0.3 is 9.47 Å². The molecule has 0 radical (unpaired) electrons. The molecule has 0 aliphatic heterocycles. The molecule has 0 aliphatic rings. The van der Waals surface area contributed by atoms with Crippen LogP contribution in [0.2, 0.25) is 8.87 Å². The molecule has 0 aliphatic carbocycles. The molecule has 0 N–H and O–H groups in total. The molecule has 0 amide bonds. The molecular weight excluding hydrogens is 415 g/mol. The van der Waals surface area contributed by atoms with Gasteiger partial charge in [0.1, 0.15) is 13.2 Å². The molecule has 0 bridgehead atoms. The summed E-state index contributed by atoms with van der Waals surface area (Å²) in [6.45, 7) is 4.72. The first-order chi connectivity index (χ1) is 10.1. The molecule has 0 fully saturated rings. The zero-order valence-corrected chi connectivity index (χ0v) is 17.7. The summed E-state index contributed by atoms with van der Waals surface area (Å²) in [7, 11) is 0. The summed E-state index contributed by atoms with van der Waals surface area (Å²) >= 11 is 7.51. The van der Waals surface area contributed by atoms with E-state index in [4.69, 9.17) is 0 Å². The summed E-state index contributed by atoms with van der Waals surface area (Å²) in [5, 5.41) is 0. The van der Waals surface area contributed by atoms with Gasteiger partial charge in [-0.1, -0.05) is 0 Å². The van der Waals surface area contributed by atoms with Crippen molar-refractivity contribution in [1.29, 1.82) is 0 Å². The quantitative estimate of drug-likeness (QED) is 0.223.